The molecular weight excluding hydrogens is 475 g/mol. The van der Waals surface area contributed by atoms with Crippen molar-refractivity contribution >= 4 is 40.9 Å². The average molecular weight is 510 g/mol. The normalized spacial score (nSPS) is 27.5. The van der Waals surface area contributed by atoms with Crippen LogP contribution in [0.2, 0.25) is 10.0 Å². The molecule has 2 unspecified atom stereocenters. The Kier molecular flexibility index (Phi) is 9.10. The summed E-state index contributed by atoms with van der Waals surface area (Å²) in [5, 5.41) is 13.0. The van der Waals surface area contributed by atoms with Crippen LogP contribution in [0, 0.1) is 17.4 Å². The maximum Gasteiger partial charge on any atom is 0.240 e. The van der Waals surface area contributed by atoms with E-state index >= 15 is 0 Å². The van der Waals surface area contributed by atoms with Gasteiger partial charge in [-0.05, 0) is 42.9 Å². The van der Waals surface area contributed by atoms with E-state index in [1.165, 1.54) is 38.5 Å². The third-order valence-corrected chi connectivity index (χ3v) is 9.25. The highest BCUT2D eigenvalue weighted by Gasteiger charge is 2.45. The number of carbonyl (C=O) groups excluding carboxylic acids is 1. The third kappa shape index (κ3) is 6.11. The number of benzene rings is 1. The quantitative estimate of drug-likeness (QED) is 0.400. The SMILES string of the molecule is N#CNC[C@H]1CCN(C(=O)C2CSC(c3ccc(Cl)cc3Cl)N2C2CCCCCCCC2)C1. The highest BCUT2D eigenvalue weighted by Crippen LogP contribution is 2.47. The first-order valence-corrected chi connectivity index (χ1v) is 14.1. The lowest BCUT2D eigenvalue weighted by Gasteiger charge is -2.38. The number of amides is 1. The zero-order valence-electron chi connectivity index (χ0n) is 19.1. The van der Waals surface area contributed by atoms with Gasteiger partial charge in [0.2, 0.25) is 5.91 Å². The molecule has 1 saturated carbocycles. The topological polar surface area (TPSA) is 59.4 Å². The third-order valence-electron chi connectivity index (χ3n) is 7.37. The maximum absolute atomic E-state index is 13.8. The summed E-state index contributed by atoms with van der Waals surface area (Å²) in [6, 6.07) is 6.04. The van der Waals surface area contributed by atoms with Crippen LogP contribution in [0.15, 0.2) is 18.2 Å². The van der Waals surface area contributed by atoms with Crippen molar-refractivity contribution in [3.8, 4) is 6.19 Å². The van der Waals surface area contributed by atoms with E-state index in [-0.39, 0.29) is 17.3 Å². The first kappa shape index (κ1) is 25.0. The fourth-order valence-electron chi connectivity index (χ4n) is 5.62. The standard InChI is InChI=1S/C25H34Cl2N4OS/c26-19-9-10-21(22(27)13-19)25-31(20-7-5-3-1-2-4-6-8-20)23(16-33-25)24(32)30-12-11-18(15-30)14-29-17-28/h9-10,13,18,20,23,25,29H,1-8,11-12,14-16H2/t18-,23?,25?/m1/s1. The van der Waals surface area contributed by atoms with Crippen LogP contribution in [-0.4, -0.2) is 53.2 Å². The van der Waals surface area contributed by atoms with Gasteiger partial charge in [-0.1, -0.05) is 67.8 Å². The van der Waals surface area contributed by atoms with Crippen molar-refractivity contribution in [2.75, 3.05) is 25.4 Å². The van der Waals surface area contributed by atoms with Gasteiger partial charge in [-0.3, -0.25) is 9.69 Å². The second-order valence-electron chi connectivity index (χ2n) is 9.60. The van der Waals surface area contributed by atoms with E-state index in [1.807, 2.05) is 41.1 Å². The van der Waals surface area contributed by atoms with Crippen LogP contribution in [0.3, 0.4) is 0 Å². The predicted molar refractivity (Wildman–Crippen MR) is 136 cm³/mol. The summed E-state index contributed by atoms with van der Waals surface area (Å²) >= 11 is 14.7. The number of thioether (sulfide) groups is 1. The Labute approximate surface area is 212 Å². The van der Waals surface area contributed by atoms with Crippen LogP contribution in [0.1, 0.15) is 68.7 Å². The van der Waals surface area contributed by atoms with Crippen molar-refractivity contribution < 1.29 is 4.79 Å². The first-order chi connectivity index (χ1) is 16.1. The van der Waals surface area contributed by atoms with Crippen LogP contribution >= 0.6 is 35.0 Å². The Morgan fingerprint density at radius 2 is 1.85 bits per heavy atom. The Bertz CT molecular complexity index is 853. The summed E-state index contributed by atoms with van der Waals surface area (Å²) in [6.45, 7) is 2.16. The van der Waals surface area contributed by atoms with Crippen molar-refractivity contribution in [3.05, 3.63) is 33.8 Å². The minimum atomic E-state index is -0.125. The van der Waals surface area contributed by atoms with Gasteiger partial charge in [0.15, 0.2) is 6.19 Å². The van der Waals surface area contributed by atoms with E-state index in [2.05, 4.69) is 10.2 Å². The monoisotopic (exact) mass is 508 g/mol. The molecule has 3 atom stereocenters. The highest BCUT2D eigenvalue weighted by atomic mass is 35.5. The number of nitrogens with one attached hydrogen (secondary N) is 1. The number of nitriles is 1. The molecular formula is C25H34Cl2N4OS. The Balaban J connectivity index is 1.57. The van der Waals surface area contributed by atoms with Crippen molar-refractivity contribution in [3.63, 3.8) is 0 Å². The molecule has 1 aliphatic carbocycles. The molecule has 3 aliphatic rings. The van der Waals surface area contributed by atoms with Gasteiger partial charge >= 0.3 is 0 Å². The Morgan fingerprint density at radius 1 is 1.12 bits per heavy atom. The predicted octanol–water partition coefficient (Wildman–Crippen LogP) is 5.83. The highest BCUT2D eigenvalue weighted by molar-refractivity contribution is 7.99. The van der Waals surface area contributed by atoms with Crippen LogP contribution < -0.4 is 5.32 Å². The fraction of sp³-hybridized carbons (Fsp3) is 0.680. The second-order valence-corrected chi connectivity index (χ2v) is 11.6. The molecule has 1 aromatic carbocycles. The number of halogens is 2. The minimum absolute atomic E-state index is 0.0770. The lowest BCUT2D eigenvalue weighted by molar-refractivity contribution is -0.136. The molecule has 5 nitrogen and oxygen atoms in total. The van der Waals surface area contributed by atoms with Crippen LogP contribution in [0.5, 0.6) is 0 Å². The molecule has 2 heterocycles. The van der Waals surface area contributed by atoms with Gasteiger partial charge in [0.05, 0.1) is 11.4 Å². The molecule has 2 aliphatic heterocycles. The van der Waals surface area contributed by atoms with E-state index < -0.39 is 0 Å². The number of hydrogen-bond acceptors (Lipinski definition) is 5. The molecule has 0 radical (unpaired) electrons. The molecule has 4 rings (SSSR count). The van der Waals surface area contributed by atoms with Crippen molar-refractivity contribution in [2.45, 2.75) is 75.2 Å². The zero-order chi connectivity index (χ0) is 23.2. The maximum atomic E-state index is 13.8. The minimum Gasteiger partial charge on any atom is -0.341 e. The van der Waals surface area contributed by atoms with Gasteiger partial charge < -0.3 is 10.2 Å². The van der Waals surface area contributed by atoms with Crippen molar-refractivity contribution in [1.29, 1.82) is 5.26 Å². The second kappa shape index (κ2) is 12.0. The number of nitrogens with zero attached hydrogens (tertiary/aromatic N) is 3. The molecule has 3 fully saturated rings. The van der Waals surface area contributed by atoms with Crippen molar-refractivity contribution in [1.82, 2.24) is 15.1 Å². The molecule has 33 heavy (non-hydrogen) atoms. The smallest absolute Gasteiger partial charge is 0.240 e. The van der Waals surface area contributed by atoms with Gasteiger partial charge in [0.1, 0.15) is 0 Å². The van der Waals surface area contributed by atoms with Gasteiger partial charge in [0.25, 0.3) is 0 Å². The van der Waals surface area contributed by atoms with E-state index in [9.17, 15) is 4.79 Å². The summed E-state index contributed by atoms with van der Waals surface area (Å²) in [6.07, 6.45) is 12.9. The summed E-state index contributed by atoms with van der Waals surface area (Å²) in [5.41, 5.74) is 1.07. The van der Waals surface area contributed by atoms with Crippen molar-refractivity contribution in [2.24, 2.45) is 5.92 Å². The average Bonchev–Trinajstić information content (AvgIpc) is 3.46. The molecule has 0 spiro atoms. The van der Waals surface area contributed by atoms with Crippen LogP contribution in [0.25, 0.3) is 0 Å². The Morgan fingerprint density at radius 3 is 2.55 bits per heavy atom. The van der Waals surface area contributed by atoms with E-state index in [0.29, 0.717) is 28.5 Å². The van der Waals surface area contributed by atoms with Gasteiger partial charge in [-0.2, -0.15) is 5.26 Å². The molecule has 1 amide bonds. The molecule has 0 aromatic heterocycles. The number of carbonyl (C=O) groups is 1. The van der Waals surface area contributed by atoms with Crippen LogP contribution in [-0.2, 0) is 4.79 Å². The fourth-order valence-corrected chi connectivity index (χ4v) is 7.76. The lowest BCUT2D eigenvalue weighted by Crippen LogP contribution is -2.50. The molecule has 2 saturated heterocycles. The molecule has 1 N–H and O–H groups in total. The van der Waals surface area contributed by atoms with Gasteiger partial charge in [0, 0.05) is 41.5 Å². The van der Waals surface area contributed by atoms with E-state index in [0.717, 1.165) is 43.7 Å². The van der Waals surface area contributed by atoms with Crippen LogP contribution in [0.4, 0.5) is 0 Å². The Hall–Kier alpha value is -1.13. The first-order valence-electron chi connectivity index (χ1n) is 12.3. The summed E-state index contributed by atoms with van der Waals surface area (Å²) in [7, 11) is 0. The summed E-state index contributed by atoms with van der Waals surface area (Å²) in [4.78, 5) is 18.3. The largest absolute Gasteiger partial charge is 0.341 e. The lowest BCUT2D eigenvalue weighted by atomic mass is 9.99. The van der Waals surface area contributed by atoms with Gasteiger partial charge in [-0.15, -0.1) is 11.8 Å². The molecule has 1 aromatic rings. The number of rotatable bonds is 5. The van der Waals surface area contributed by atoms with Gasteiger partial charge in [-0.25, -0.2) is 0 Å². The summed E-state index contributed by atoms with van der Waals surface area (Å²) in [5.74, 6) is 1.38. The van der Waals surface area contributed by atoms with E-state index in [4.69, 9.17) is 28.5 Å². The molecule has 0 bridgehead atoms. The molecule has 180 valence electrons. The molecule has 8 heteroatoms. The van der Waals surface area contributed by atoms with E-state index in [1.54, 1.807) is 0 Å². The summed E-state index contributed by atoms with van der Waals surface area (Å²) < 4.78 is 0. The number of hydrogen-bond donors (Lipinski definition) is 1. The zero-order valence-corrected chi connectivity index (χ0v) is 21.5. The number of likely N-dealkylation sites (tertiary alicyclic amines) is 1.